The Labute approximate surface area is 169 Å². The van der Waals surface area contributed by atoms with Gasteiger partial charge in [0.2, 0.25) is 6.41 Å². The molecule has 4 aromatic rings. The molecule has 0 saturated carbocycles. The summed E-state index contributed by atoms with van der Waals surface area (Å²) < 4.78 is 2.28. The number of anilines is 1. The number of nitrogens with one attached hydrogen (secondary N) is 1. The van der Waals surface area contributed by atoms with Gasteiger partial charge in [-0.05, 0) is 23.6 Å². The maximum Gasteiger partial charge on any atom is 0.207 e. The molecule has 4 rings (SSSR count). The zero-order valence-electron chi connectivity index (χ0n) is 16.6. The highest BCUT2D eigenvalue weighted by molar-refractivity contribution is 6.06. The van der Waals surface area contributed by atoms with Gasteiger partial charge in [-0.3, -0.25) is 4.79 Å². The number of aromatic nitrogens is 3. The van der Waals surface area contributed by atoms with E-state index in [2.05, 4.69) is 40.0 Å². The van der Waals surface area contributed by atoms with Gasteiger partial charge in [-0.15, -0.1) is 0 Å². The van der Waals surface area contributed by atoms with Crippen molar-refractivity contribution in [3.63, 3.8) is 0 Å². The minimum atomic E-state index is 0.477. The summed E-state index contributed by atoms with van der Waals surface area (Å²) in [6.07, 6.45) is 3.80. The van der Waals surface area contributed by atoms with Crippen molar-refractivity contribution in [2.75, 3.05) is 5.73 Å². The number of hydrogen-bond acceptors (Lipinski definition) is 4. The summed E-state index contributed by atoms with van der Waals surface area (Å²) in [5.74, 6) is 1.52. The molecular weight excluding hydrogens is 362 g/mol. The molecule has 0 aliphatic rings. The van der Waals surface area contributed by atoms with Gasteiger partial charge in [0.15, 0.2) is 5.82 Å². The van der Waals surface area contributed by atoms with Crippen molar-refractivity contribution in [1.29, 1.82) is 0 Å². The Balaban J connectivity index is 1.81. The van der Waals surface area contributed by atoms with E-state index in [4.69, 9.17) is 10.7 Å². The molecule has 6 heteroatoms. The van der Waals surface area contributed by atoms with Crippen LogP contribution in [0.1, 0.15) is 36.7 Å². The normalized spacial score (nSPS) is 11.2. The number of carbonyl (C=O) groups excluding carboxylic acids is 1. The van der Waals surface area contributed by atoms with Crippen LogP contribution in [0.5, 0.6) is 0 Å². The third-order valence-corrected chi connectivity index (χ3v) is 5.20. The highest BCUT2D eigenvalue weighted by Crippen LogP contribution is 2.30. The van der Waals surface area contributed by atoms with Crippen molar-refractivity contribution in [1.82, 2.24) is 19.9 Å². The molecule has 2 aromatic carbocycles. The number of imidazole rings is 1. The van der Waals surface area contributed by atoms with E-state index in [1.807, 2.05) is 30.3 Å². The van der Waals surface area contributed by atoms with Crippen LogP contribution in [0.15, 0.2) is 48.5 Å². The number of benzene rings is 2. The summed E-state index contributed by atoms with van der Waals surface area (Å²) in [5.41, 5.74) is 11.2. The number of nitrogens with zero attached hydrogens (tertiary/aromatic N) is 3. The summed E-state index contributed by atoms with van der Waals surface area (Å²) in [7, 11) is 0. The molecule has 0 unspecified atom stereocenters. The Hall–Kier alpha value is -3.41. The minimum Gasteiger partial charge on any atom is -0.382 e. The molecule has 0 radical (unpaired) electrons. The zero-order valence-corrected chi connectivity index (χ0v) is 16.6. The van der Waals surface area contributed by atoms with E-state index >= 15 is 0 Å². The van der Waals surface area contributed by atoms with Crippen molar-refractivity contribution in [2.24, 2.45) is 0 Å². The monoisotopic (exact) mass is 387 g/mol. The molecule has 148 valence electrons. The van der Waals surface area contributed by atoms with Gasteiger partial charge in [0, 0.05) is 24.9 Å². The number of para-hydroxylation sites is 1. The maximum atomic E-state index is 10.5. The lowest BCUT2D eigenvalue weighted by molar-refractivity contribution is -0.109. The Morgan fingerprint density at radius 3 is 2.59 bits per heavy atom. The van der Waals surface area contributed by atoms with Crippen molar-refractivity contribution < 1.29 is 4.79 Å². The number of nitrogens with two attached hydrogens (primary N) is 1. The van der Waals surface area contributed by atoms with Crippen molar-refractivity contribution >= 4 is 34.2 Å². The van der Waals surface area contributed by atoms with Crippen molar-refractivity contribution in [2.45, 2.75) is 39.3 Å². The van der Waals surface area contributed by atoms with E-state index in [0.717, 1.165) is 59.0 Å². The van der Waals surface area contributed by atoms with Crippen LogP contribution in [-0.4, -0.2) is 20.9 Å². The van der Waals surface area contributed by atoms with Gasteiger partial charge in [-0.1, -0.05) is 55.8 Å². The Bertz CT molecular complexity index is 1150. The van der Waals surface area contributed by atoms with Gasteiger partial charge >= 0.3 is 0 Å². The number of nitrogen functional groups attached to an aromatic ring is 1. The highest BCUT2D eigenvalue weighted by Gasteiger charge is 2.17. The molecule has 29 heavy (non-hydrogen) atoms. The van der Waals surface area contributed by atoms with Gasteiger partial charge < -0.3 is 15.6 Å². The van der Waals surface area contributed by atoms with Gasteiger partial charge in [-0.25, -0.2) is 9.97 Å². The van der Waals surface area contributed by atoms with Crippen LogP contribution in [-0.2, 0) is 24.3 Å². The Morgan fingerprint density at radius 1 is 1.07 bits per heavy atom. The first-order valence-corrected chi connectivity index (χ1v) is 9.99. The fourth-order valence-corrected chi connectivity index (χ4v) is 3.71. The molecule has 0 saturated heterocycles. The van der Waals surface area contributed by atoms with Crippen LogP contribution in [0.25, 0.3) is 21.9 Å². The molecule has 0 aliphatic carbocycles. The van der Waals surface area contributed by atoms with E-state index < -0.39 is 0 Å². The second kappa shape index (κ2) is 8.31. The molecule has 0 spiro atoms. The third kappa shape index (κ3) is 3.78. The number of amides is 1. The SMILES string of the molecule is CCCCc1nc2c(N)nc3ccccc3c2n1Cc1ccc(CNC=O)cc1. The number of hydrogen-bond donors (Lipinski definition) is 2. The predicted octanol–water partition coefficient (Wildman–Crippen LogP) is 3.80. The first-order valence-electron chi connectivity index (χ1n) is 9.99. The Kier molecular flexibility index (Phi) is 5.42. The van der Waals surface area contributed by atoms with Crippen LogP contribution >= 0.6 is 0 Å². The molecule has 3 N–H and O–H groups in total. The molecule has 2 heterocycles. The molecule has 0 fully saturated rings. The average Bonchev–Trinajstić information content (AvgIpc) is 3.11. The molecular formula is C23H25N5O. The van der Waals surface area contributed by atoms with E-state index in [9.17, 15) is 4.79 Å². The third-order valence-electron chi connectivity index (χ3n) is 5.20. The fourth-order valence-electron chi connectivity index (χ4n) is 3.71. The van der Waals surface area contributed by atoms with Crippen molar-refractivity contribution in [3.05, 3.63) is 65.5 Å². The maximum absolute atomic E-state index is 10.5. The van der Waals surface area contributed by atoms with Gasteiger partial charge in [0.1, 0.15) is 11.3 Å². The molecule has 2 aromatic heterocycles. The number of pyridine rings is 1. The van der Waals surface area contributed by atoms with Crippen LogP contribution in [0, 0.1) is 0 Å². The zero-order chi connectivity index (χ0) is 20.2. The molecule has 0 aliphatic heterocycles. The molecule has 0 bridgehead atoms. The lowest BCUT2D eigenvalue weighted by Crippen LogP contribution is -2.10. The first kappa shape index (κ1) is 18.9. The summed E-state index contributed by atoms with van der Waals surface area (Å²) in [4.78, 5) is 19.9. The predicted molar refractivity (Wildman–Crippen MR) is 117 cm³/mol. The first-order chi connectivity index (χ1) is 14.2. The van der Waals surface area contributed by atoms with Crippen molar-refractivity contribution in [3.8, 4) is 0 Å². The quantitative estimate of drug-likeness (QED) is 0.450. The summed E-state index contributed by atoms with van der Waals surface area (Å²) in [5, 5.41) is 3.76. The van der Waals surface area contributed by atoms with E-state index in [-0.39, 0.29) is 0 Å². The van der Waals surface area contributed by atoms with Crippen LogP contribution in [0.4, 0.5) is 5.82 Å². The second-order valence-corrected chi connectivity index (χ2v) is 7.24. The number of aryl methyl sites for hydroxylation is 1. The lowest BCUT2D eigenvalue weighted by atomic mass is 10.1. The van der Waals surface area contributed by atoms with Gasteiger partial charge in [-0.2, -0.15) is 0 Å². The largest absolute Gasteiger partial charge is 0.382 e. The van der Waals surface area contributed by atoms with Gasteiger partial charge in [0.25, 0.3) is 0 Å². The standard InChI is InChI=1S/C23H25N5O/c1-2-3-8-20-27-21-22(18-6-4-5-7-19(18)26-23(21)24)28(20)14-17-11-9-16(10-12-17)13-25-15-29/h4-7,9-12,15H,2-3,8,13-14H2,1H3,(H2,24,26)(H,25,29). The summed E-state index contributed by atoms with van der Waals surface area (Å²) >= 11 is 0. The lowest BCUT2D eigenvalue weighted by Gasteiger charge is -2.12. The second-order valence-electron chi connectivity index (χ2n) is 7.24. The van der Waals surface area contributed by atoms with E-state index in [0.29, 0.717) is 18.9 Å². The summed E-state index contributed by atoms with van der Waals surface area (Å²) in [6, 6.07) is 16.4. The van der Waals surface area contributed by atoms with Crippen LogP contribution in [0.2, 0.25) is 0 Å². The number of fused-ring (bicyclic) bond motifs is 3. The molecule has 0 atom stereocenters. The van der Waals surface area contributed by atoms with Crippen LogP contribution in [0.3, 0.4) is 0 Å². The molecule has 6 nitrogen and oxygen atoms in total. The highest BCUT2D eigenvalue weighted by atomic mass is 16.1. The van der Waals surface area contributed by atoms with Gasteiger partial charge in [0.05, 0.1) is 11.0 Å². The molecule has 1 amide bonds. The average molecular weight is 387 g/mol. The van der Waals surface area contributed by atoms with E-state index in [1.54, 1.807) is 0 Å². The number of carbonyl (C=O) groups is 1. The summed E-state index contributed by atoms with van der Waals surface area (Å²) in [6.45, 7) is 3.43. The Morgan fingerprint density at radius 2 is 1.83 bits per heavy atom. The topological polar surface area (TPSA) is 85.8 Å². The van der Waals surface area contributed by atoms with E-state index in [1.165, 1.54) is 5.56 Å². The number of unbranched alkanes of at least 4 members (excludes halogenated alkanes) is 1. The van der Waals surface area contributed by atoms with Crippen LogP contribution < -0.4 is 11.1 Å². The smallest absolute Gasteiger partial charge is 0.207 e. The number of rotatable bonds is 8. The fraction of sp³-hybridized carbons (Fsp3) is 0.261. The minimum absolute atomic E-state index is 0.477.